The first-order chi connectivity index (χ1) is 13.2. The molecule has 0 saturated heterocycles. The fourth-order valence-electron chi connectivity index (χ4n) is 3.52. The van der Waals surface area contributed by atoms with Crippen molar-refractivity contribution in [2.75, 3.05) is 0 Å². The van der Waals surface area contributed by atoms with E-state index in [1.54, 1.807) is 0 Å². The molecule has 0 unspecified atom stereocenters. The Kier molecular flexibility index (Phi) is 5.13. The smallest absolute Gasteiger partial charge is 0.0203 e. The van der Waals surface area contributed by atoms with Gasteiger partial charge in [-0.15, -0.1) is 0 Å². The summed E-state index contributed by atoms with van der Waals surface area (Å²) >= 11 is 1.86. The van der Waals surface area contributed by atoms with Crippen LogP contribution >= 0.6 is 11.8 Å². The van der Waals surface area contributed by atoms with Gasteiger partial charge in [-0.2, -0.15) is 0 Å². The van der Waals surface area contributed by atoms with E-state index in [0.717, 1.165) is 0 Å². The van der Waals surface area contributed by atoms with E-state index in [0.29, 0.717) is 0 Å². The van der Waals surface area contributed by atoms with E-state index in [2.05, 4.69) is 111 Å². The van der Waals surface area contributed by atoms with Crippen LogP contribution in [0.3, 0.4) is 0 Å². The molecule has 1 heteroatoms. The van der Waals surface area contributed by atoms with Crippen molar-refractivity contribution in [3.63, 3.8) is 0 Å². The molecule has 0 radical (unpaired) electrons. The molecule has 0 aliphatic rings. The van der Waals surface area contributed by atoms with Crippen molar-refractivity contribution in [2.24, 2.45) is 0 Å². The molecular formula is C26H22S. The molecule has 0 amide bonds. The molecule has 0 aliphatic carbocycles. The fraction of sp³-hybridized carbons (Fsp3) is 0.0769. The molecule has 0 aliphatic heterocycles. The van der Waals surface area contributed by atoms with Crippen LogP contribution in [0.25, 0.3) is 22.3 Å². The summed E-state index contributed by atoms with van der Waals surface area (Å²) in [5.41, 5.74) is 7.80. The molecule has 0 nitrogen and oxygen atoms in total. The molecule has 27 heavy (non-hydrogen) atoms. The van der Waals surface area contributed by atoms with Crippen LogP contribution in [0, 0.1) is 13.8 Å². The zero-order chi connectivity index (χ0) is 18.6. The lowest BCUT2D eigenvalue weighted by Crippen LogP contribution is -1.90. The zero-order valence-electron chi connectivity index (χ0n) is 15.6. The predicted molar refractivity (Wildman–Crippen MR) is 117 cm³/mol. The summed E-state index contributed by atoms with van der Waals surface area (Å²) in [7, 11) is 0. The highest BCUT2D eigenvalue weighted by atomic mass is 32.2. The van der Waals surface area contributed by atoms with Gasteiger partial charge in [0, 0.05) is 9.79 Å². The minimum absolute atomic E-state index is 1.27. The fourth-order valence-corrected chi connectivity index (χ4v) is 4.81. The van der Waals surface area contributed by atoms with Gasteiger partial charge in [0.1, 0.15) is 0 Å². The lowest BCUT2D eigenvalue weighted by molar-refractivity contribution is 1.32. The van der Waals surface area contributed by atoms with Crippen molar-refractivity contribution in [1.82, 2.24) is 0 Å². The predicted octanol–water partition coefficient (Wildman–Crippen LogP) is 7.79. The van der Waals surface area contributed by atoms with Gasteiger partial charge in [-0.25, -0.2) is 0 Å². The highest BCUT2D eigenvalue weighted by Crippen LogP contribution is 2.42. The van der Waals surface area contributed by atoms with Crippen LogP contribution in [-0.2, 0) is 0 Å². The number of rotatable bonds is 4. The molecule has 0 heterocycles. The van der Waals surface area contributed by atoms with E-state index in [4.69, 9.17) is 0 Å². The Labute approximate surface area is 165 Å². The molecular weight excluding hydrogens is 344 g/mol. The van der Waals surface area contributed by atoms with E-state index in [9.17, 15) is 0 Å². The topological polar surface area (TPSA) is 0 Å². The monoisotopic (exact) mass is 366 g/mol. The van der Waals surface area contributed by atoms with Crippen molar-refractivity contribution in [3.8, 4) is 22.3 Å². The zero-order valence-corrected chi connectivity index (χ0v) is 16.5. The maximum atomic E-state index is 2.23. The summed E-state index contributed by atoms with van der Waals surface area (Å²) in [4.78, 5) is 2.59. The van der Waals surface area contributed by atoms with Crippen LogP contribution in [0.1, 0.15) is 11.1 Å². The van der Waals surface area contributed by atoms with E-state index in [-0.39, 0.29) is 0 Å². The minimum atomic E-state index is 1.27. The minimum Gasteiger partial charge on any atom is -0.0888 e. The Balaban J connectivity index is 1.84. The molecule has 0 spiro atoms. The van der Waals surface area contributed by atoms with Crippen molar-refractivity contribution in [1.29, 1.82) is 0 Å². The number of aryl methyl sites for hydroxylation is 2. The maximum Gasteiger partial charge on any atom is 0.0203 e. The lowest BCUT2D eigenvalue weighted by atomic mass is 10.0. The van der Waals surface area contributed by atoms with E-state index >= 15 is 0 Å². The molecule has 4 aromatic rings. The molecule has 4 aromatic carbocycles. The largest absolute Gasteiger partial charge is 0.0888 e. The SMILES string of the molecule is Cc1cccc(Sc2cccc(C)c2-c2ccccc2)c1-c1ccccc1. The van der Waals surface area contributed by atoms with Gasteiger partial charge in [-0.3, -0.25) is 0 Å². The molecule has 0 aromatic heterocycles. The van der Waals surface area contributed by atoms with Gasteiger partial charge < -0.3 is 0 Å². The van der Waals surface area contributed by atoms with E-state index in [1.807, 2.05) is 11.8 Å². The molecule has 0 N–H and O–H groups in total. The number of hydrogen-bond donors (Lipinski definition) is 0. The van der Waals surface area contributed by atoms with Gasteiger partial charge in [0.05, 0.1) is 0 Å². The molecule has 0 saturated carbocycles. The van der Waals surface area contributed by atoms with Crippen LogP contribution in [0.15, 0.2) is 107 Å². The summed E-state index contributed by atoms with van der Waals surface area (Å²) in [5.74, 6) is 0. The maximum absolute atomic E-state index is 2.23. The molecule has 132 valence electrons. The molecule has 0 bridgehead atoms. The summed E-state index contributed by atoms with van der Waals surface area (Å²) < 4.78 is 0. The standard InChI is InChI=1S/C26H22S/c1-19-11-9-17-23(25(19)21-13-5-3-6-14-21)27-24-18-10-12-20(2)26(24)22-15-7-4-8-16-22/h3-18H,1-2H3. The number of benzene rings is 4. The third-order valence-electron chi connectivity index (χ3n) is 4.81. The third kappa shape index (κ3) is 3.70. The second-order valence-corrected chi connectivity index (χ2v) is 7.81. The molecule has 4 rings (SSSR count). The Bertz CT molecular complexity index is 963. The second kappa shape index (κ2) is 7.85. The van der Waals surface area contributed by atoms with Gasteiger partial charge in [0.25, 0.3) is 0 Å². The first kappa shape index (κ1) is 17.6. The summed E-state index contributed by atoms with van der Waals surface area (Å²) in [5, 5.41) is 0. The van der Waals surface area contributed by atoms with Crippen molar-refractivity contribution in [3.05, 3.63) is 108 Å². The van der Waals surface area contributed by atoms with Crippen molar-refractivity contribution in [2.45, 2.75) is 23.6 Å². The van der Waals surface area contributed by atoms with Gasteiger partial charge in [0.15, 0.2) is 0 Å². The average molecular weight is 367 g/mol. The van der Waals surface area contributed by atoms with Crippen LogP contribution in [-0.4, -0.2) is 0 Å². The van der Waals surface area contributed by atoms with Crippen molar-refractivity contribution < 1.29 is 0 Å². The summed E-state index contributed by atoms with van der Waals surface area (Å²) in [6, 6.07) is 34.5. The van der Waals surface area contributed by atoms with Gasteiger partial charge in [-0.05, 0) is 59.4 Å². The van der Waals surface area contributed by atoms with E-state index < -0.39 is 0 Å². The molecule has 0 fully saturated rings. The Morgan fingerprint density at radius 1 is 0.444 bits per heavy atom. The summed E-state index contributed by atoms with van der Waals surface area (Å²) in [6.45, 7) is 4.39. The first-order valence-electron chi connectivity index (χ1n) is 9.22. The Morgan fingerprint density at radius 3 is 1.26 bits per heavy atom. The Hall–Kier alpha value is -2.77. The van der Waals surface area contributed by atoms with Gasteiger partial charge in [-0.1, -0.05) is 96.7 Å². The second-order valence-electron chi connectivity index (χ2n) is 6.73. The Morgan fingerprint density at radius 2 is 0.852 bits per heavy atom. The molecule has 0 atom stereocenters. The van der Waals surface area contributed by atoms with Crippen LogP contribution in [0.2, 0.25) is 0 Å². The highest BCUT2D eigenvalue weighted by Gasteiger charge is 2.13. The third-order valence-corrected chi connectivity index (χ3v) is 5.93. The lowest BCUT2D eigenvalue weighted by Gasteiger charge is -2.16. The quantitative estimate of drug-likeness (QED) is 0.355. The van der Waals surface area contributed by atoms with Gasteiger partial charge in [0.2, 0.25) is 0 Å². The van der Waals surface area contributed by atoms with E-state index in [1.165, 1.54) is 43.2 Å². The van der Waals surface area contributed by atoms with Crippen LogP contribution in [0.5, 0.6) is 0 Å². The first-order valence-corrected chi connectivity index (χ1v) is 10.0. The van der Waals surface area contributed by atoms with Crippen LogP contribution in [0.4, 0.5) is 0 Å². The number of hydrogen-bond acceptors (Lipinski definition) is 1. The van der Waals surface area contributed by atoms with Crippen LogP contribution < -0.4 is 0 Å². The van der Waals surface area contributed by atoms with Crippen molar-refractivity contribution >= 4 is 11.8 Å². The van der Waals surface area contributed by atoms with Gasteiger partial charge >= 0.3 is 0 Å². The highest BCUT2D eigenvalue weighted by molar-refractivity contribution is 7.99. The average Bonchev–Trinajstić information content (AvgIpc) is 2.70. The summed E-state index contributed by atoms with van der Waals surface area (Å²) in [6.07, 6.45) is 0. The normalized spacial score (nSPS) is 10.7.